The number of carbonyl (C=O) groups excluding carboxylic acids is 2. The molecule has 138 valence electrons. The molecule has 0 aromatic heterocycles. The van der Waals surface area contributed by atoms with Crippen LogP contribution in [0.15, 0.2) is 0 Å². The van der Waals surface area contributed by atoms with Gasteiger partial charge in [0.05, 0.1) is 5.92 Å². The number of piperazine rings is 1. The fraction of sp³-hybridized carbons (Fsp3) is 0.895. The summed E-state index contributed by atoms with van der Waals surface area (Å²) in [6.45, 7) is 14.1. The van der Waals surface area contributed by atoms with Gasteiger partial charge in [0.25, 0.3) is 0 Å². The molecule has 0 N–H and O–H groups in total. The van der Waals surface area contributed by atoms with Crippen LogP contribution in [-0.4, -0.2) is 71.8 Å². The first kappa shape index (κ1) is 19.2. The van der Waals surface area contributed by atoms with E-state index in [0.717, 1.165) is 51.5 Å². The molecule has 0 bridgehead atoms. The number of carbonyl (C=O) groups is 2. The number of nitrogens with zero attached hydrogens (tertiary/aromatic N) is 3. The highest BCUT2D eigenvalue weighted by molar-refractivity contribution is 5.89. The van der Waals surface area contributed by atoms with Crippen LogP contribution in [0.5, 0.6) is 0 Å². The molecule has 2 aliphatic heterocycles. The van der Waals surface area contributed by atoms with Crippen LogP contribution in [0.1, 0.15) is 53.4 Å². The standard InChI is InChI=1S/C19H35N3O2/c1-5-17(6-2)22-14-16(13-18(22)23)19(24)21-11-9-20(10-12-21)8-7-15(3)4/h15-17H,5-14H2,1-4H3. The second-order valence-corrected chi connectivity index (χ2v) is 7.77. The van der Waals surface area contributed by atoms with Crippen molar-refractivity contribution in [3.05, 3.63) is 0 Å². The number of amides is 2. The lowest BCUT2D eigenvalue weighted by atomic mass is 10.1. The molecule has 1 unspecified atom stereocenters. The number of hydrogen-bond donors (Lipinski definition) is 0. The summed E-state index contributed by atoms with van der Waals surface area (Å²) in [7, 11) is 0. The fourth-order valence-electron chi connectivity index (χ4n) is 3.87. The van der Waals surface area contributed by atoms with E-state index in [1.807, 2.05) is 9.80 Å². The van der Waals surface area contributed by atoms with Crippen LogP contribution in [0.25, 0.3) is 0 Å². The molecule has 0 spiro atoms. The maximum absolute atomic E-state index is 12.8. The summed E-state index contributed by atoms with van der Waals surface area (Å²) < 4.78 is 0. The van der Waals surface area contributed by atoms with Gasteiger partial charge in [-0.2, -0.15) is 0 Å². The van der Waals surface area contributed by atoms with Crippen LogP contribution in [0, 0.1) is 11.8 Å². The monoisotopic (exact) mass is 337 g/mol. The predicted octanol–water partition coefficient (Wildman–Crippen LogP) is 2.21. The van der Waals surface area contributed by atoms with E-state index in [0.29, 0.717) is 19.0 Å². The van der Waals surface area contributed by atoms with Crippen molar-refractivity contribution in [1.29, 1.82) is 0 Å². The third-order valence-corrected chi connectivity index (χ3v) is 5.60. The normalized spacial score (nSPS) is 22.9. The Hall–Kier alpha value is -1.10. The van der Waals surface area contributed by atoms with Crippen LogP contribution in [0.3, 0.4) is 0 Å². The fourth-order valence-corrected chi connectivity index (χ4v) is 3.87. The van der Waals surface area contributed by atoms with Gasteiger partial charge in [-0.25, -0.2) is 0 Å². The molecule has 2 heterocycles. The van der Waals surface area contributed by atoms with Crippen molar-refractivity contribution in [2.75, 3.05) is 39.3 Å². The van der Waals surface area contributed by atoms with E-state index in [1.165, 1.54) is 6.42 Å². The Balaban J connectivity index is 1.82. The summed E-state index contributed by atoms with van der Waals surface area (Å²) in [6, 6.07) is 0.295. The van der Waals surface area contributed by atoms with Gasteiger partial charge in [-0.1, -0.05) is 27.7 Å². The Morgan fingerprint density at radius 1 is 1.12 bits per heavy atom. The van der Waals surface area contributed by atoms with Gasteiger partial charge in [-0.15, -0.1) is 0 Å². The predicted molar refractivity (Wildman–Crippen MR) is 96.7 cm³/mol. The minimum Gasteiger partial charge on any atom is -0.340 e. The Kier molecular flexibility index (Phi) is 7.08. The summed E-state index contributed by atoms with van der Waals surface area (Å²) in [5.41, 5.74) is 0. The first-order valence-corrected chi connectivity index (χ1v) is 9.76. The molecule has 1 atom stereocenters. The second kappa shape index (κ2) is 8.84. The molecule has 0 radical (unpaired) electrons. The summed E-state index contributed by atoms with van der Waals surface area (Å²) in [6.07, 6.45) is 3.56. The topological polar surface area (TPSA) is 43.9 Å². The molecule has 5 heteroatoms. The SMILES string of the molecule is CCC(CC)N1CC(C(=O)N2CCN(CCC(C)C)CC2)CC1=O. The highest BCUT2D eigenvalue weighted by Gasteiger charge is 2.39. The molecule has 2 fully saturated rings. The molecule has 24 heavy (non-hydrogen) atoms. The third-order valence-electron chi connectivity index (χ3n) is 5.60. The lowest BCUT2D eigenvalue weighted by Gasteiger charge is -2.36. The van der Waals surface area contributed by atoms with Crippen molar-refractivity contribution in [1.82, 2.24) is 14.7 Å². The molecule has 5 nitrogen and oxygen atoms in total. The third kappa shape index (κ3) is 4.71. The number of hydrogen-bond acceptors (Lipinski definition) is 3. The maximum atomic E-state index is 12.8. The molecule has 2 amide bonds. The van der Waals surface area contributed by atoms with Crippen LogP contribution in [0.2, 0.25) is 0 Å². The molecule has 0 saturated carbocycles. The average Bonchev–Trinajstić information content (AvgIpc) is 2.96. The summed E-state index contributed by atoms with van der Waals surface area (Å²) in [5.74, 6) is 0.962. The first-order chi connectivity index (χ1) is 11.5. The zero-order chi connectivity index (χ0) is 17.7. The minimum absolute atomic E-state index is 0.125. The number of likely N-dealkylation sites (tertiary alicyclic amines) is 1. The first-order valence-electron chi connectivity index (χ1n) is 9.76. The largest absolute Gasteiger partial charge is 0.340 e. The van der Waals surface area contributed by atoms with Crippen LogP contribution in [0.4, 0.5) is 0 Å². The highest BCUT2D eigenvalue weighted by atomic mass is 16.2. The van der Waals surface area contributed by atoms with E-state index in [-0.39, 0.29) is 17.7 Å². The van der Waals surface area contributed by atoms with E-state index < -0.39 is 0 Å². The maximum Gasteiger partial charge on any atom is 0.228 e. The van der Waals surface area contributed by atoms with Crippen molar-refractivity contribution in [2.45, 2.75) is 59.4 Å². The lowest BCUT2D eigenvalue weighted by molar-refractivity contribution is -0.137. The zero-order valence-corrected chi connectivity index (χ0v) is 16.0. The van der Waals surface area contributed by atoms with Crippen molar-refractivity contribution in [3.63, 3.8) is 0 Å². The Bertz CT molecular complexity index is 426. The molecule has 2 saturated heterocycles. The molecular formula is C19H35N3O2. The van der Waals surface area contributed by atoms with Gasteiger partial charge in [-0.05, 0) is 31.7 Å². The van der Waals surface area contributed by atoms with Crippen molar-refractivity contribution in [2.24, 2.45) is 11.8 Å². The minimum atomic E-state index is -0.125. The second-order valence-electron chi connectivity index (χ2n) is 7.77. The van der Waals surface area contributed by atoms with Crippen LogP contribution < -0.4 is 0 Å². The lowest BCUT2D eigenvalue weighted by Crippen LogP contribution is -2.51. The van der Waals surface area contributed by atoms with E-state index >= 15 is 0 Å². The van der Waals surface area contributed by atoms with E-state index in [9.17, 15) is 9.59 Å². The highest BCUT2D eigenvalue weighted by Crippen LogP contribution is 2.25. The van der Waals surface area contributed by atoms with E-state index in [1.54, 1.807) is 0 Å². The Morgan fingerprint density at radius 3 is 2.29 bits per heavy atom. The quantitative estimate of drug-likeness (QED) is 0.715. The summed E-state index contributed by atoms with van der Waals surface area (Å²) >= 11 is 0. The van der Waals surface area contributed by atoms with E-state index in [4.69, 9.17) is 0 Å². The number of rotatable bonds is 7. The molecular weight excluding hydrogens is 302 g/mol. The Morgan fingerprint density at radius 2 is 1.75 bits per heavy atom. The smallest absolute Gasteiger partial charge is 0.228 e. The summed E-state index contributed by atoms with van der Waals surface area (Å²) in [5, 5.41) is 0. The van der Waals surface area contributed by atoms with Crippen molar-refractivity contribution < 1.29 is 9.59 Å². The zero-order valence-electron chi connectivity index (χ0n) is 16.0. The van der Waals surface area contributed by atoms with Crippen LogP contribution >= 0.6 is 0 Å². The van der Waals surface area contributed by atoms with Gasteiger partial charge >= 0.3 is 0 Å². The average molecular weight is 338 g/mol. The van der Waals surface area contributed by atoms with Gasteiger partial charge in [0.2, 0.25) is 11.8 Å². The summed E-state index contributed by atoms with van der Waals surface area (Å²) in [4.78, 5) is 31.5. The van der Waals surface area contributed by atoms with E-state index in [2.05, 4.69) is 32.6 Å². The Labute approximate surface area is 147 Å². The van der Waals surface area contributed by atoms with Crippen molar-refractivity contribution >= 4 is 11.8 Å². The molecule has 2 rings (SSSR count). The molecule has 0 aromatic rings. The van der Waals surface area contributed by atoms with Gasteiger partial charge < -0.3 is 9.80 Å². The molecule has 0 aromatic carbocycles. The molecule has 0 aliphatic carbocycles. The van der Waals surface area contributed by atoms with Crippen molar-refractivity contribution in [3.8, 4) is 0 Å². The van der Waals surface area contributed by atoms with Gasteiger partial charge in [0.15, 0.2) is 0 Å². The van der Waals surface area contributed by atoms with Gasteiger partial charge in [0, 0.05) is 45.2 Å². The van der Waals surface area contributed by atoms with Gasteiger partial charge in [0.1, 0.15) is 0 Å². The van der Waals surface area contributed by atoms with Crippen LogP contribution in [-0.2, 0) is 9.59 Å². The molecule has 2 aliphatic rings. The van der Waals surface area contributed by atoms with Gasteiger partial charge in [-0.3, -0.25) is 14.5 Å².